The number of carbonyl (C=O) groups is 1. The summed E-state index contributed by atoms with van der Waals surface area (Å²) in [5.41, 5.74) is 1.71. The van der Waals surface area contributed by atoms with E-state index in [2.05, 4.69) is 10.0 Å². The van der Waals surface area contributed by atoms with Gasteiger partial charge in [0.05, 0.1) is 17.7 Å². The topological polar surface area (TPSA) is 93.7 Å². The van der Waals surface area contributed by atoms with E-state index in [1.165, 1.54) is 13.2 Å². The van der Waals surface area contributed by atoms with Crippen LogP contribution in [0.1, 0.15) is 11.1 Å². The third-order valence-corrected chi connectivity index (χ3v) is 5.39. The van der Waals surface area contributed by atoms with Crippen LogP contribution in [0.2, 0.25) is 0 Å². The van der Waals surface area contributed by atoms with Crippen LogP contribution in [0.25, 0.3) is 0 Å². The molecule has 0 saturated heterocycles. The molecule has 0 aromatic heterocycles. The molecule has 0 bridgehead atoms. The highest BCUT2D eigenvalue weighted by Crippen LogP contribution is 2.33. The first-order valence-electron chi connectivity index (χ1n) is 7.59. The summed E-state index contributed by atoms with van der Waals surface area (Å²) in [5, 5.41) is 2.66. The summed E-state index contributed by atoms with van der Waals surface area (Å²) in [6.45, 7) is 1.63. The van der Waals surface area contributed by atoms with Gasteiger partial charge in [-0.2, -0.15) is 0 Å². The zero-order valence-corrected chi connectivity index (χ0v) is 14.6. The van der Waals surface area contributed by atoms with Crippen molar-refractivity contribution in [1.82, 2.24) is 4.72 Å². The number of aryl methyl sites for hydroxylation is 1. The molecule has 0 spiro atoms. The van der Waals surface area contributed by atoms with Crippen LogP contribution in [-0.4, -0.2) is 28.0 Å². The quantitative estimate of drug-likeness (QED) is 0.846. The van der Waals surface area contributed by atoms with Crippen molar-refractivity contribution in [2.45, 2.75) is 18.4 Å². The van der Waals surface area contributed by atoms with Crippen molar-refractivity contribution in [2.75, 3.05) is 19.0 Å². The molecule has 132 valence electrons. The molecule has 25 heavy (non-hydrogen) atoms. The van der Waals surface area contributed by atoms with Crippen LogP contribution in [0.5, 0.6) is 11.5 Å². The Morgan fingerprint density at radius 3 is 2.80 bits per heavy atom. The number of nitrogens with one attached hydrogen (secondary N) is 2. The van der Waals surface area contributed by atoms with Gasteiger partial charge in [-0.15, -0.1) is 0 Å². The van der Waals surface area contributed by atoms with Gasteiger partial charge < -0.3 is 14.8 Å². The first kappa shape index (κ1) is 17.2. The van der Waals surface area contributed by atoms with E-state index < -0.39 is 10.0 Å². The number of para-hydroxylation sites is 1. The minimum Gasteiger partial charge on any atom is -0.496 e. The number of sulfonamides is 1. The third-order valence-electron chi connectivity index (χ3n) is 3.84. The average molecular weight is 362 g/mol. The Bertz CT molecular complexity index is 925. The summed E-state index contributed by atoms with van der Waals surface area (Å²) >= 11 is 0. The normalized spacial score (nSPS) is 13.6. The molecule has 8 heteroatoms. The van der Waals surface area contributed by atoms with Gasteiger partial charge in [-0.05, 0) is 24.6 Å². The fraction of sp³-hybridized carbons (Fsp3) is 0.235. The van der Waals surface area contributed by atoms with Crippen molar-refractivity contribution in [3.8, 4) is 11.5 Å². The lowest BCUT2D eigenvalue weighted by molar-refractivity contribution is -0.118. The highest BCUT2D eigenvalue weighted by atomic mass is 32.2. The fourth-order valence-electron chi connectivity index (χ4n) is 2.61. The maximum Gasteiger partial charge on any atom is 0.262 e. The second-order valence-corrected chi connectivity index (χ2v) is 7.32. The van der Waals surface area contributed by atoms with Crippen molar-refractivity contribution in [2.24, 2.45) is 0 Å². The van der Waals surface area contributed by atoms with Crippen LogP contribution in [-0.2, 0) is 21.4 Å². The Kier molecular flexibility index (Phi) is 4.65. The van der Waals surface area contributed by atoms with Crippen molar-refractivity contribution >= 4 is 21.6 Å². The predicted molar refractivity (Wildman–Crippen MR) is 92.3 cm³/mol. The smallest absolute Gasteiger partial charge is 0.262 e. The Morgan fingerprint density at radius 1 is 1.28 bits per heavy atom. The summed E-state index contributed by atoms with van der Waals surface area (Å²) in [7, 11) is -2.23. The van der Waals surface area contributed by atoms with E-state index in [0.717, 1.165) is 5.56 Å². The van der Waals surface area contributed by atoms with Crippen LogP contribution in [0.4, 0.5) is 5.69 Å². The first-order valence-corrected chi connectivity index (χ1v) is 9.08. The number of methoxy groups -OCH3 is 1. The zero-order valence-electron chi connectivity index (χ0n) is 13.8. The molecule has 1 aliphatic rings. The number of rotatable bonds is 5. The standard InChI is InChI=1S/C17H18N2O5S/c1-11-7-13-15(24-10-17(20)19-13)8-16(11)25(21,22)18-9-12-5-3-4-6-14(12)23-2/h3-8,18H,9-10H2,1-2H3,(H,19,20). The first-order chi connectivity index (χ1) is 11.9. The molecule has 1 amide bonds. The summed E-state index contributed by atoms with van der Waals surface area (Å²) in [5.74, 6) is 0.679. The van der Waals surface area contributed by atoms with Crippen molar-refractivity contribution in [3.63, 3.8) is 0 Å². The molecule has 2 aromatic carbocycles. The fourth-order valence-corrected chi connectivity index (χ4v) is 3.85. The SMILES string of the molecule is COc1ccccc1CNS(=O)(=O)c1cc2c(cc1C)NC(=O)CO2. The predicted octanol–water partition coefficient (Wildman–Crippen LogP) is 1.81. The Morgan fingerprint density at radius 2 is 2.04 bits per heavy atom. The van der Waals surface area contributed by atoms with Gasteiger partial charge in [0.1, 0.15) is 11.5 Å². The molecule has 0 radical (unpaired) electrons. The number of fused-ring (bicyclic) bond motifs is 1. The molecule has 0 fully saturated rings. The summed E-state index contributed by atoms with van der Waals surface area (Å²) in [4.78, 5) is 11.5. The Balaban J connectivity index is 1.86. The van der Waals surface area contributed by atoms with E-state index in [9.17, 15) is 13.2 Å². The van der Waals surface area contributed by atoms with E-state index in [0.29, 0.717) is 22.7 Å². The molecule has 0 aliphatic carbocycles. The number of carbonyl (C=O) groups excluding carboxylic acids is 1. The van der Waals surface area contributed by atoms with E-state index in [1.54, 1.807) is 25.1 Å². The minimum absolute atomic E-state index is 0.0977. The number of hydrogen-bond donors (Lipinski definition) is 2. The largest absolute Gasteiger partial charge is 0.496 e. The Labute approximate surface area is 146 Å². The summed E-state index contributed by atoms with van der Waals surface area (Å²) < 4.78 is 38.5. The molecule has 0 unspecified atom stereocenters. The molecule has 0 saturated carbocycles. The van der Waals surface area contributed by atoms with Gasteiger partial charge in [-0.25, -0.2) is 13.1 Å². The maximum atomic E-state index is 12.7. The van der Waals surface area contributed by atoms with Crippen molar-refractivity contribution < 1.29 is 22.7 Å². The number of hydrogen-bond acceptors (Lipinski definition) is 5. The third kappa shape index (κ3) is 3.59. The molecule has 3 rings (SSSR count). The molecule has 2 N–H and O–H groups in total. The number of anilines is 1. The van der Waals surface area contributed by atoms with Gasteiger partial charge in [0.2, 0.25) is 10.0 Å². The lowest BCUT2D eigenvalue weighted by Gasteiger charge is -2.20. The van der Waals surface area contributed by atoms with E-state index in [1.807, 2.05) is 12.1 Å². The highest BCUT2D eigenvalue weighted by molar-refractivity contribution is 7.89. The zero-order chi connectivity index (χ0) is 18.0. The van der Waals surface area contributed by atoms with Crippen LogP contribution in [0.3, 0.4) is 0 Å². The number of benzene rings is 2. The summed E-state index contributed by atoms with van der Waals surface area (Å²) in [6.07, 6.45) is 0. The van der Waals surface area contributed by atoms with Gasteiger partial charge in [-0.1, -0.05) is 18.2 Å². The van der Waals surface area contributed by atoms with Gasteiger partial charge in [0.25, 0.3) is 5.91 Å². The molecule has 2 aromatic rings. The van der Waals surface area contributed by atoms with E-state index >= 15 is 0 Å². The monoisotopic (exact) mass is 362 g/mol. The Hall–Kier alpha value is -2.58. The molecular formula is C17H18N2O5S. The number of ether oxygens (including phenoxy) is 2. The summed E-state index contributed by atoms with van der Waals surface area (Å²) in [6, 6.07) is 10.2. The number of amides is 1. The lowest BCUT2D eigenvalue weighted by atomic mass is 10.2. The van der Waals surface area contributed by atoms with Crippen LogP contribution in [0, 0.1) is 6.92 Å². The lowest BCUT2D eigenvalue weighted by Crippen LogP contribution is -2.27. The van der Waals surface area contributed by atoms with Crippen LogP contribution < -0.4 is 19.5 Å². The van der Waals surface area contributed by atoms with Crippen LogP contribution in [0.15, 0.2) is 41.3 Å². The van der Waals surface area contributed by atoms with Gasteiger partial charge in [0, 0.05) is 18.2 Å². The second-order valence-electron chi connectivity index (χ2n) is 5.59. The van der Waals surface area contributed by atoms with E-state index in [-0.39, 0.29) is 24.0 Å². The van der Waals surface area contributed by atoms with Gasteiger partial charge in [0.15, 0.2) is 6.61 Å². The molecular weight excluding hydrogens is 344 g/mol. The molecule has 1 aliphatic heterocycles. The molecule has 0 atom stereocenters. The van der Waals surface area contributed by atoms with E-state index in [4.69, 9.17) is 9.47 Å². The average Bonchev–Trinajstić information content (AvgIpc) is 2.59. The minimum atomic E-state index is -3.76. The van der Waals surface area contributed by atoms with Crippen LogP contribution >= 0.6 is 0 Å². The molecule has 7 nitrogen and oxygen atoms in total. The second kappa shape index (κ2) is 6.73. The van der Waals surface area contributed by atoms with Gasteiger partial charge >= 0.3 is 0 Å². The van der Waals surface area contributed by atoms with Crippen molar-refractivity contribution in [1.29, 1.82) is 0 Å². The highest BCUT2D eigenvalue weighted by Gasteiger charge is 2.23. The van der Waals surface area contributed by atoms with Crippen molar-refractivity contribution in [3.05, 3.63) is 47.5 Å². The molecule has 1 heterocycles. The van der Waals surface area contributed by atoms with Gasteiger partial charge in [-0.3, -0.25) is 4.79 Å². The maximum absolute atomic E-state index is 12.7.